The largest absolute Gasteiger partial charge is 0.497 e. The Morgan fingerprint density at radius 1 is 1.41 bits per heavy atom. The average Bonchev–Trinajstić information content (AvgIpc) is 2.52. The van der Waals surface area contributed by atoms with Crippen LogP contribution in [0.5, 0.6) is 5.75 Å². The molecule has 0 bridgehead atoms. The van der Waals surface area contributed by atoms with E-state index in [1.54, 1.807) is 12.0 Å². The Bertz CT molecular complexity index is 499. The summed E-state index contributed by atoms with van der Waals surface area (Å²) in [6.45, 7) is 5.88. The molecule has 22 heavy (non-hydrogen) atoms. The van der Waals surface area contributed by atoms with Crippen LogP contribution in [0.4, 0.5) is 4.79 Å². The lowest BCUT2D eigenvalue weighted by Gasteiger charge is -2.32. The number of hydrogen-bond donors (Lipinski definition) is 2. The Balaban J connectivity index is 1.92. The lowest BCUT2D eigenvalue weighted by Crippen LogP contribution is -2.49. The van der Waals surface area contributed by atoms with Crippen LogP contribution in [0.2, 0.25) is 0 Å². The van der Waals surface area contributed by atoms with Gasteiger partial charge in [0, 0.05) is 25.0 Å². The molecule has 5 nitrogen and oxygen atoms in total. The van der Waals surface area contributed by atoms with Gasteiger partial charge in [-0.3, -0.25) is 0 Å². The molecular formula is C17H26N2O3. The van der Waals surface area contributed by atoms with Crippen molar-refractivity contribution in [2.75, 3.05) is 26.7 Å². The smallest absolute Gasteiger partial charge is 0.317 e. The quantitative estimate of drug-likeness (QED) is 0.896. The third-order valence-electron chi connectivity index (χ3n) is 4.24. The molecule has 2 rings (SSSR count). The van der Waals surface area contributed by atoms with Gasteiger partial charge in [-0.2, -0.15) is 0 Å². The number of urea groups is 1. The summed E-state index contributed by atoms with van der Waals surface area (Å²) in [4.78, 5) is 13.9. The molecule has 1 aromatic rings. The number of hydrogen-bond acceptors (Lipinski definition) is 3. The normalized spacial score (nSPS) is 18.9. The van der Waals surface area contributed by atoms with E-state index in [0.717, 1.165) is 24.2 Å². The van der Waals surface area contributed by atoms with E-state index in [2.05, 4.69) is 19.2 Å². The molecule has 1 saturated heterocycles. The van der Waals surface area contributed by atoms with E-state index >= 15 is 0 Å². The van der Waals surface area contributed by atoms with Gasteiger partial charge in [-0.25, -0.2) is 4.79 Å². The Labute approximate surface area is 132 Å². The number of likely N-dealkylation sites (tertiary alicyclic amines) is 1. The Morgan fingerprint density at radius 2 is 2.09 bits per heavy atom. The lowest BCUT2D eigenvalue weighted by molar-refractivity contribution is 0.0839. The van der Waals surface area contributed by atoms with Crippen LogP contribution in [0, 0.1) is 0 Å². The molecule has 0 aromatic heterocycles. The number of benzene rings is 1. The minimum absolute atomic E-state index is 0.0969. The van der Waals surface area contributed by atoms with Crippen LogP contribution in [-0.2, 0) is 5.41 Å². The van der Waals surface area contributed by atoms with Crippen molar-refractivity contribution in [1.82, 2.24) is 10.2 Å². The summed E-state index contributed by atoms with van der Waals surface area (Å²) in [6, 6.07) is 7.81. The predicted molar refractivity (Wildman–Crippen MR) is 86.2 cm³/mol. The zero-order chi connectivity index (χ0) is 16.2. The van der Waals surface area contributed by atoms with Crippen molar-refractivity contribution in [3.05, 3.63) is 29.8 Å². The van der Waals surface area contributed by atoms with Gasteiger partial charge in [-0.1, -0.05) is 26.0 Å². The summed E-state index contributed by atoms with van der Waals surface area (Å²) < 4.78 is 5.17. The molecule has 0 radical (unpaired) electrons. The molecule has 0 spiro atoms. The van der Waals surface area contributed by atoms with Gasteiger partial charge in [0.15, 0.2) is 0 Å². The van der Waals surface area contributed by atoms with Gasteiger partial charge in [0.25, 0.3) is 0 Å². The fourth-order valence-electron chi connectivity index (χ4n) is 2.69. The van der Waals surface area contributed by atoms with E-state index in [1.165, 1.54) is 0 Å². The molecule has 2 amide bonds. The second kappa shape index (κ2) is 7.01. The minimum atomic E-state index is -0.394. The minimum Gasteiger partial charge on any atom is -0.497 e. The zero-order valence-electron chi connectivity index (χ0n) is 13.6. The maximum absolute atomic E-state index is 12.2. The van der Waals surface area contributed by atoms with Gasteiger partial charge in [0.2, 0.25) is 0 Å². The van der Waals surface area contributed by atoms with Crippen molar-refractivity contribution >= 4 is 6.03 Å². The molecule has 2 N–H and O–H groups in total. The van der Waals surface area contributed by atoms with Crippen LogP contribution in [0.3, 0.4) is 0 Å². The number of aliphatic hydroxyl groups is 1. The summed E-state index contributed by atoms with van der Waals surface area (Å²) in [5, 5.41) is 12.6. The van der Waals surface area contributed by atoms with Crippen molar-refractivity contribution in [3.63, 3.8) is 0 Å². The van der Waals surface area contributed by atoms with E-state index in [4.69, 9.17) is 4.74 Å². The highest BCUT2D eigenvalue weighted by molar-refractivity contribution is 5.74. The number of aliphatic hydroxyl groups excluding tert-OH is 1. The van der Waals surface area contributed by atoms with Crippen LogP contribution in [0.15, 0.2) is 24.3 Å². The monoisotopic (exact) mass is 306 g/mol. The van der Waals surface area contributed by atoms with Gasteiger partial charge < -0.3 is 20.1 Å². The van der Waals surface area contributed by atoms with E-state index in [9.17, 15) is 9.90 Å². The lowest BCUT2D eigenvalue weighted by atomic mass is 9.84. The van der Waals surface area contributed by atoms with Gasteiger partial charge in [0.1, 0.15) is 5.75 Å². The summed E-state index contributed by atoms with van der Waals surface area (Å²) >= 11 is 0. The second-order valence-electron chi connectivity index (χ2n) is 6.51. The number of rotatable bonds is 4. The molecule has 1 aromatic carbocycles. The number of amides is 2. The number of methoxy groups -OCH3 is 1. The van der Waals surface area contributed by atoms with Crippen LogP contribution in [0.1, 0.15) is 32.3 Å². The fourth-order valence-corrected chi connectivity index (χ4v) is 2.69. The van der Waals surface area contributed by atoms with Crippen LogP contribution in [0.25, 0.3) is 0 Å². The molecule has 0 saturated carbocycles. The summed E-state index contributed by atoms with van der Waals surface area (Å²) in [7, 11) is 1.65. The molecule has 1 aliphatic rings. The summed E-state index contributed by atoms with van der Waals surface area (Å²) in [5.74, 6) is 0.825. The number of carbonyl (C=O) groups excluding carboxylic acids is 1. The number of β-amino-alcohol motifs (C(OH)–C–C–N with tert-alkyl or cyclic N) is 1. The highest BCUT2D eigenvalue weighted by Gasteiger charge is 2.25. The van der Waals surface area contributed by atoms with Gasteiger partial charge >= 0.3 is 6.03 Å². The van der Waals surface area contributed by atoms with E-state index in [-0.39, 0.29) is 11.4 Å². The molecule has 1 fully saturated rings. The standard InChI is InChI=1S/C17H26N2O3/c1-17(2,13-6-8-15(22-3)9-7-13)12-18-16(21)19-10-4-5-14(20)11-19/h6-9,14,20H,4-5,10-12H2,1-3H3,(H,18,21). The highest BCUT2D eigenvalue weighted by Crippen LogP contribution is 2.24. The third kappa shape index (κ3) is 4.13. The topological polar surface area (TPSA) is 61.8 Å². The Kier molecular flexibility index (Phi) is 5.29. The molecule has 0 aliphatic carbocycles. The number of nitrogens with one attached hydrogen (secondary N) is 1. The fraction of sp³-hybridized carbons (Fsp3) is 0.588. The number of piperidine rings is 1. The number of ether oxygens (including phenoxy) is 1. The maximum Gasteiger partial charge on any atom is 0.317 e. The molecule has 1 atom stereocenters. The Morgan fingerprint density at radius 3 is 2.68 bits per heavy atom. The zero-order valence-corrected chi connectivity index (χ0v) is 13.6. The highest BCUT2D eigenvalue weighted by atomic mass is 16.5. The summed E-state index contributed by atoms with van der Waals surface area (Å²) in [5.41, 5.74) is 0.975. The SMILES string of the molecule is COc1ccc(C(C)(C)CNC(=O)N2CCCC(O)C2)cc1. The molecular weight excluding hydrogens is 280 g/mol. The molecule has 1 heterocycles. The molecule has 1 aliphatic heterocycles. The first-order valence-corrected chi connectivity index (χ1v) is 7.78. The van der Waals surface area contributed by atoms with Gasteiger partial charge in [-0.05, 0) is 30.5 Å². The number of carbonyl (C=O) groups is 1. The third-order valence-corrected chi connectivity index (χ3v) is 4.24. The van der Waals surface area contributed by atoms with E-state index < -0.39 is 6.10 Å². The predicted octanol–water partition coefficient (Wildman–Crippen LogP) is 2.14. The van der Waals surface area contributed by atoms with Crippen molar-refractivity contribution < 1.29 is 14.6 Å². The first-order chi connectivity index (χ1) is 10.4. The van der Waals surface area contributed by atoms with Crippen molar-refractivity contribution in [3.8, 4) is 5.75 Å². The summed E-state index contributed by atoms with van der Waals surface area (Å²) in [6.07, 6.45) is 1.24. The first kappa shape index (κ1) is 16.6. The van der Waals surface area contributed by atoms with Crippen LogP contribution in [-0.4, -0.2) is 48.9 Å². The Hall–Kier alpha value is -1.75. The van der Waals surface area contributed by atoms with Crippen LogP contribution < -0.4 is 10.1 Å². The molecule has 5 heteroatoms. The van der Waals surface area contributed by atoms with Crippen molar-refractivity contribution in [2.24, 2.45) is 0 Å². The van der Waals surface area contributed by atoms with Crippen molar-refractivity contribution in [1.29, 1.82) is 0 Å². The van der Waals surface area contributed by atoms with Crippen LogP contribution >= 0.6 is 0 Å². The molecule has 1 unspecified atom stereocenters. The van der Waals surface area contributed by atoms with Gasteiger partial charge in [0.05, 0.1) is 13.2 Å². The first-order valence-electron chi connectivity index (χ1n) is 7.78. The second-order valence-corrected chi connectivity index (χ2v) is 6.51. The van der Waals surface area contributed by atoms with E-state index in [1.807, 2.05) is 24.3 Å². The van der Waals surface area contributed by atoms with E-state index in [0.29, 0.717) is 19.6 Å². The average molecular weight is 306 g/mol. The molecule has 122 valence electrons. The maximum atomic E-state index is 12.2. The van der Waals surface area contributed by atoms with Crippen molar-refractivity contribution in [2.45, 2.75) is 38.2 Å². The number of nitrogens with zero attached hydrogens (tertiary/aromatic N) is 1. The van der Waals surface area contributed by atoms with Gasteiger partial charge in [-0.15, -0.1) is 0 Å².